The Bertz CT molecular complexity index is 198. The van der Waals surface area contributed by atoms with Gasteiger partial charge in [0.25, 0.3) is 5.79 Å². The Morgan fingerprint density at radius 3 is 1.90 bits per heavy atom. The summed E-state index contributed by atoms with van der Waals surface area (Å²) in [4.78, 5) is 0. The van der Waals surface area contributed by atoms with Crippen LogP contribution in [0.15, 0.2) is 30.3 Å². The molecule has 2 radical (unpaired) electrons. The normalized spacial score (nSPS) is 11.5. The SMILES string of the molecule is CC([O])([O])c1ccccc1. The van der Waals surface area contributed by atoms with E-state index in [2.05, 4.69) is 0 Å². The zero-order chi connectivity index (χ0) is 7.61. The Morgan fingerprint density at radius 1 is 1.10 bits per heavy atom. The lowest BCUT2D eigenvalue weighted by Crippen LogP contribution is -2.15. The lowest BCUT2D eigenvalue weighted by atomic mass is 10.1. The molecule has 0 aliphatic carbocycles. The molecule has 0 spiro atoms. The molecule has 0 saturated carbocycles. The lowest BCUT2D eigenvalue weighted by Gasteiger charge is -2.08. The standard InChI is InChI=1S/C8H8O2/c1-8(9,10)7-5-3-2-4-6-7/h2-6H,1H3. The minimum Gasteiger partial charge on any atom is -0.190 e. The Labute approximate surface area is 59.7 Å². The zero-order valence-electron chi connectivity index (χ0n) is 5.70. The maximum Gasteiger partial charge on any atom is 0.256 e. The second-order valence-electron chi connectivity index (χ2n) is 2.31. The minimum absolute atomic E-state index is 0.287. The molecule has 0 fully saturated rings. The summed E-state index contributed by atoms with van der Waals surface area (Å²) in [5.41, 5.74) is 0.287. The van der Waals surface area contributed by atoms with Crippen LogP contribution in [0.5, 0.6) is 0 Å². The third-order valence-electron chi connectivity index (χ3n) is 1.30. The van der Waals surface area contributed by atoms with Gasteiger partial charge < -0.3 is 0 Å². The zero-order valence-corrected chi connectivity index (χ0v) is 5.70. The molecule has 0 aromatic heterocycles. The molecule has 0 atom stereocenters. The van der Waals surface area contributed by atoms with Crippen LogP contribution in [0.3, 0.4) is 0 Å². The highest BCUT2D eigenvalue weighted by Gasteiger charge is 2.22. The first-order chi connectivity index (χ1) is 4.61. The van der Waals surface area contributed by atoms with Crippen LogP contribution >= 0.6 is 0 Å². The van der Waals surface area contributed by atoms with Crippen LogP contribution in [-0.2, 0) is 16.0 Å². The fourth-order valence-corrected chi connectivity index (χ4v) is 0.741. The molecule has 0 unspecified atom stereocenters. The van der Waals surface area contributed by atoms with Crippen molar-refractivity contribution < 1.29 is 10.2 Å². The van der Waals surface area contributed by atoms with Gasteiger partial charge in [-0.2, -0.15) is 10.2 Å². The maximum absolute atomic E-state index is 10.7. The summed E-state index contributed by atoms with van der Waals surface area (Å²) in [6.45, 7) is 1.11. The number of benzene rings is 1. The molecule has 0 saturated heterocycles. The molecule has 0 aliphatic rings. The van der Waals surface area contributed by atoms with Crippen molar-refractivity contribution in [3.8, 4) is 0 Å². The fraction of sp³-hybridized carbons (Fsp3) is 0.250. The van der Waals surface area contributed by atoms with Gasteiger partial charge in [-0.3, -0.25) is 0 Å². The van der Waals surface area contributed by atoms with Gasteiger partial charge in [-0.15, -0.1) is 0 Å². The molecule has 0 amide bonds. The average Bonchev–Trinajstić information content (AvgIpc) is 1.88. The van der Waals surface area contributed by atoms with E-state index in [9.17, 15) is 10.2 Å². The van der Waals surface area contributed by atoms with Gasteiger partial charge in [-0.05, 0) is 6.92 Å². The van der Waals surface area contributed by atoms with Crippen LogP contribution in [0.25, 0.3) is 0 Å². The smallest absolute Gasteiger partial charge is 0.190 e. The number of hydrogen-bond donors (Lipinski definition) is 0. The maximum atomic E-state index is 10.7. The molecule has 2 nitrogen and oxygen atoms in total. The molecular weight excluding hydrogens is 128 g/mol. The van der Waals surface area contributed by atoms with Gasteiger partial charge in [0.05, 0.1) is 0 Å². The van der Waals surface area contributed by atoms with Gasteiger partial charge in [-0.25, -0.2) is 0 Å². The van der Waals surface area contributed by atoms with E-state index in [4.69, 9.17) is 0 Å². The molecule has 0 bridgehead atoms. The van der Waals surface area contributed by atoms with Crippen LogP contribution in [-0.4, -0.2) is 0 Å². The lowest BCUT2D eigenvalue weighted by molar-refractivity contribution is -0.240. The van der Waals surface area contributed by atoms with Gasteiger partial charge in [0.1, 0.15) is 0 Å². The molecule has 2 heteroatoms. The highest BCUT2D eigenvalue weighted by Crippen LogP contribution is 2.16. The van der Waals surface area contributed by atoms with Crippen LogP contribution in [0.4, 0.5) is 0 Å². The molecule has 1 rings (SSSR count). The molecule has 10 heavy (non-hydrogen) atoms. The van der Waals surface area contributed by atoms with Crippen molar-refractivity contribution in [1.29, 1.82) is 0 Å². The summed E-state index contributed by atoms with van der Waals surface area (Å²) in [5.74, 6) is -2.21. The number of rotatable bonds is 1. The summed E-state index contributed by atoms with van der Waals surface area (Å²) in [6, 6.07) is 8.22. The Hall–Kier alpha value is -0.860. The second kappa shape index (κ2) is 2.40. The van der Waals surface area contributed by atoms with Gasteiger partial charge in [0.15, 0.2) is 0 Å². The molecule has 0 N–H and O–H groups in total. The summed E-state index contributed by atoms with van der Waals surface area (Å²) in [6.07, 6.45) is 0. The van der Waals surface area contributed by atoms with E-state index in [1.54, 1.807) is 30.3 Å². The van der Waals surface area contributed by atoms with Crippen LogP contribution in [0.1, 0.15) is 12.5 Å². The van der Waals surface area contributed by atoms with E-state index >= 15 is 0 Å². The predicted molar refractivity (Wildman–Crippen MR) is 35.2 cm³/mol. The van der Waals surface area contributed by atoms with E-state index in [0.29, 0.717) is 0 Å². The molecule has 0 aliphatic heterocycles. The third kappa shape index (κ3) is 1.56. The van der Waals surface area contributed by atoms with E-state index in [-0.39, 0.29) is 5.56 Å². The quantitative estimate of drug-likeness (QED) is 0.527. The molecule has 1 aromatic carbocycles. The van der Waals surface area contributed by atoms with Crippen LogP contribution in [0, 0.1) is 0 Å². The van der Waals surface area contributed by atoms with E-state index in [0.717, 1.165) is 6.92 Å². The Morgan fingerprint density at radius 2 is 1.60 bits per heavy atom. The van der Waals surface area contributed by atoms with Crippen molar-refractivity contribution in [2.45, 2.75) is 12.7 Å². The van der Waals surface area contributed by atoms with E-state index in [1.807, 2.05) is 0 Å². The molecule has 1 aromatic rings. The highest BCUT2D eigenvalue weighted by molar-refractivity contribution is 5.18. The molecule has 52 valence electrons. The van der Waals surface area contributed by atoms with Crippen molar-refractivity contribution in [1.82, 2.24) is 0 Å². The average molecular weight is 136 g/mol. The van der Waals surface area contributed by atoms with Crippen molar-refractivity contribution in [2.24, 2.45) is 0 Å². The molecule has 0 heterocycles. The van der Waals surface area contributed by atoms with Crippen molar-refractivity contribution in [2.75, 3.05) is 0 Å². The fourth-order valence-electron chi connectivity index (χ4n) is 0.741. The Kier molecular flexibility index (Phi) is 1.74. The summed E-state index contributed by atoms with van der Waals surface area (Å²) >= 11 is 0. The Balaban J connectivity index is 2.97. The topological polar surface area (TPSA) is 39.8 Å². The van der Waals surface area contributed by atoms with Gasteiger partial charge >= 0.3 is 0 Å². The largest absolute Gasteiger partial charge is 0.256 e. The summed E-state index contributed by atoms with van der Waals surface area (Å²) in [7, 11) is 0. The van der Waals surface area contributed by atoms with Crippen LogP contribution in [0.2, 0.25) is 0 Å². The summed E-state index contributed by atoms with van der Waals surface area (Å²) in [5, 5.41) is 21.5. The third-order valence-corrected chi connectivity index (χ3v) is 1.30. The second-order valence-corrected chi connectivity index (χ2v) is 2.31. The van der Waals surface area contributed by atoms with Gasteiger partial charge in [0.2, 0.25) is 0 Å². The number of hydrogen-bond acceptors (Lipinski definition) is 0. The van der Waals surface area contributed by atoms with Crippen molar-refractivity contribution >= 4 is 0 Å². The van der Waals surface area contributed by atoms with Crippen molar-refractivity contribution in [3.05, 3.63) is 35.9 Å². The van der Waals surface area contributed by atoms with E-state index < -0.39 is 5.79 Å². The van der Waals surface area contributed by atoms with Gasteiger partial charge in [0, 0.05) is 5.56 Å². The first kappa shape index (κ1) is 7.25. The predicted octanol–water partition coefficient (Wildman–Crippen LogP) is 1.72. The first-order valence-electron chi connectivity index (χ1n) is 3.07. The van der Waals surface area contributed by atoms with Crippen LogP contribution < -0.4 is 0 Å². The monoisotopic (exact) mass is 136 g/mol. The summed E-state index contributed by atoms with van der Waals surface area (Å²) < 4.78 is 0. The minimum atomic E-state index is -2.21. The highest BCUT2D eigenvalue weighted by atomic mass is 16.5. The molecular formula is C8H8O2. The van der Waals surface area contributed by atoms with Gasteiger partial charge in [-0.1, -0.05) is 30.3 Å². The van der Waals surface area contributed by atoms with Crippen molar-refractivity contribution in [3.63, 3.8) is 0 Å². The first-order valence-corrected chi connectivity index (χ1v) is 3.07. The van der Waals surface area contributed by atoms with E-state index in [1.165, 1.54) is 0 Å².